The molecule has 2 aromatic carbocycles. The summed E-state index contributed by atoms with van der Waals surface area (Å²) >= 11 is 0. The van der Waals surface area contributed by atoms with Crippen molar-refractivity contribution in [1.29, 1.82) is 0 Å². The maximum absolute atomic E-state index is 12.2. The third-order valence-electron chi connectivity index (χ3n) is 5.69. The zero-order valence-electron chi connectivity index (χ0n) is 24.4. The van der Waals surface area contributed by atoms with Crippen molar-refractivity contribution >= 4 is 69.5 Å². The number of hydrogen-bond donors (Lipinski definition) is 4. The number of carbonyl (C=O) groups is 6. The van der Waals surface area contributed by atoms with Crippen molar-refractivity contribution in [2.24, 2.45) is 10.2 Å². The van der Waals surface area contributed by atoms with Crippen LogP contribution in [0.1, 0.15) is 0 Å². The third kappa shape index (κ3) is 11.0. The van der Waals surface area contributed by atoms with Crippen LogP contribution >= 0.6 is 0 Å². The zero-order chi connectivity index (χ0) is 31.6. The number of benzene rings is 2. The average molecular weight is 639 g/mol. The standard InChI is InChI=1S/C30H22N6O8.2Na/c37-25-11-9-21(15-23(25)29(41)42)35-33-19-5-1-17(2-6-19)31-27(39)13-14-28(40)32-18-3-7-20(8-4-18)34-36-22-10-12-26(38)24(16-22)30(43)44;;/h1-16,33-34H,(H,31,39)(H,32,40)(H,41,42)(H,43,44);;/q;2*+1/p-2/b14-13+,35-21?,36-22?;;. The van der Waals surface area contributed by atoms with Crippen LogP contribution in [0.5, 0.6) is 0 Å². The topological polar surface area (TPSA) is 221 Å². The van der Waals surface area contributed by atoms with E-state index in [2.05, 4.69) is 31.7 Å². The Morgan fingerprint density at radius 2 is 0.870 bits per heavy atom. The Morgan fingerprint density at radius 3 is 1.20 bits per heavy atom. The van der Waals surface area contributed by atoms with Crippen molar-refractivity contribution in [2.75, 3.05) is 21.5 Å². The number of carboxylic acids is 2. The summed E-state index contributed by atoms with van der Waals surface area (Å²) in [5.74, 6) is -5.69. The predicted molar refractivity (Wildman–Crippen MR) is 156 cm³/mol. The van der Waals surface area contributed by atoms with Gasteiger partial charge in [-0.25, -0.2) is 0 Å². The summed E-state index contributed by atoms with van der Waals surface area (Å²) in [6, 6.07) is 12.7. The molecule has 0 fully saturated rings. The smallest absolute Gasteiger partial charge is 0.545 e. The molecule has 0 saturated carbocycles. The van der Waals surface area contributed by atoms with Crippen molar-refractivity contribution in [3.05, 3.63) is 108 Å². The first kappa shape index (κ1) is 37.5. The van der Waals surface area contributed by atoms with E-state index in [9.17, 15) is 39.0 Å². The third-order valence-corrected chi connectivity index (χ3v) is 5.69. The molecular weight excluding hydrogens is 618 g/mol. The quantitative estimate of drug-likeness (QED) is 0.0634. The molecule has 4 N–H and O–H groups in total. The Balaban J connectivity index is 0.00000368. The van der Waals surface area contributed by atoms with Crippen LogP contribution < -0.4 is 90.8 Å². The maximum atomic E-state index is 12.2. The second kappa shape index (κ2) is 17.7. The van der Waals surface area contributed by atoms with Crippen molar-refractivity contribution in [1.82, 2.24) is 0 Å². The molecule has 14 nitrogen and oxygen atoms in total. The molecule has 0 heterocycles. The molecule has 2 aromatic rings. The van der Waals surface area contributed by atoms with E-state index in [1.807, 2.05) is 0 Å². The van der Waals surface area contributed by atoms with Crippen LogP contribution in [0.25, 0.3) is 0 Å². The first-order valence-electron chi connectivity index (χ1n) is 12.6. The number of anilines is 4. The molecule has 220 valence electrons. The van der Waals surface area contributed by atoms with E-state index in [0.717, 1.165) is 36.5 Å². The molecule has 2 aliphatic carbocycles. The molecule has 2 aliphatic rings. The molecule has 0 unspecified atom stereocenters. The van der Waals surface area contributed by atoms with E-state index in [-0.39, 0.29) is 70.5 Å². The molecule has 0 bridgehead atoms. The summed E-state index contributed by atoms with van der Waals surface area (Å²) in [5, 5.41) is 35.2. The van der Waals surface area contributed by atoms with Crippen molar-refractivity contribution in [3.8, 4) is 0 Å². The van der Waals surface area contributed by atoms with Crippen molar-refractivity contribution in [3.63, 3.8) is 0 Å². The zero-order valence-corrected chi connectivity index (χ0v) is 28.4. The number of nitrogens with one attached hydrogen (secondary N) is 4. The molecule has 2 amide bonds. The molecule has 0 aliphatic heterocycles. The van der Waals surface area contributed by atoms with Gasteiger partial charge in [-0.15, -0.1) is 0 Å². The molecule has 0 atom stereocenters. The first-order chi connectivity index (χ1) is 21.1. The predicted octanol–water partition coefficient (Wildman–Crippen LogP) is -6.01. The largest absolute Gasteiger partial charge is 1.00 e. The Bertz CT molecular complexity index is 1640. The van der Waals surface area contributed by atoms with Crippen molar-refractivity contribution < 1.29 is 98.1 Å². The minimum absolute atomic E-state index is 0. The van der Waals surface area contributed by atoms with Crippen LogP contribution in [0.4, 0.5) is 22.7 Å². The second-order valence-corrected chi connectivity index (χ2v) is 8.85. The fourth-order valence-electron chi connectivity index (χ4n) is 3.53. The van der Waals surface area contributed by atoms with Crippen molar-refractivity contribution in [2.45, 2.75) is 0 Å². The van der Waals surface area contributed by atoms with Gasteiger partial charge in [-0.2, -0.15) is 10.2 Å². The van der Waals surface area contributed by atoms with Gasteiger partial charge in [0.05, 0.1) is 34.7 Å². The van der Waals surface area contributed by atoms with E-state index in [0.29, 0.717) is 22.7 Å². The Hall–Kier alpha value is -4.70. The molecule has 0 spiro atoms. The summed E-state index contributed by atoms with van der Waals surface area (Å²) in [6.45, 7) is 0. The van der Waals surface area contributed by atoms with Gasteiger partial charge in [0.1, 0.15) is 0 Å². The minimum Gasteiger partial charge on any atom is -0.545 e. The molecule has 0 radical (unpaired) electrons. The van der Waals surface area contributed by atoms with Gasteiger partial charge in [-0.3, -0.25) is 30.0 Å². The van der Waals surface area contributed by atoms with Gasteiger partial charge >= 0.3 is 59.1 Å². The van der Waals surface area contributed by atoms with Crippen LogP contribution in [-0.2, 0) is 28.8 Å². The number of aliphatic carboxylic acids is 2. The van der Waals surface area contributed by atoms with E-state index < -0.39 is 46.5 Å². The minimum atomic E-state index is -1.60. The Labute approximate surface area is 305 Å². The molecule has 16 heteroatoms. The van der Waals surface area contributed by atoms with Gasteiger partial charge < -0.3 is 30.4 Å². The number of amides is 2. The van der Waals surface area contributed by atoms with Crippen LogP contribution in [0.15, 0.2) is 118 Å². The van der Waals surface area contributed by atoms with E-state index in [1.165, 1.54) is 12.2 Å². The number of hydrogen-bond acceptors (Lipinski definition) is 12. The van der Waals surface area contributed by atoms with Gasteiger partial charge in [0.25, 0.3) is 0 Å². The average Bonchev–Trinajstić information content (AvgIpc) is 3.00. The number of carbonyl (C=O) groups excluding carboxylic acids is 6. The fourth-order valence-corrected chi connectivity index (χ4v) is 3.53. The molecule has 0 saturated heterocycles. The molecular formula is C30H20N6Na2O8. The molecule has 4 rings (SSSR count). The van der Waals surface area contributed by atoms with Crippen LogP contribution in [0.3, 0.4) is 0 Å². The Kier molecular flexibility index (Phi) is 14.4. The second-order valence-electron chi connectivity index (χ2n) is 8.85. The molecule has 46 heavy (non-hydrogen) atoms. The fraction of sp³-hybridized carbons (Fsp3) is 0. The van der Waals surface area contributed by atoms with Crippen LogP contribution in [-0.4, -0.2) is 46.7 Å². The van der Waals surface area contributed by atoms with Crippen LogP contribution in [0, 0.1) is 0 Å². The number of carboxylic acid groups (broad SMARTS) is 2. The summed E-state index contributed by atoms with van der Waals surface area (Å²) in [4.78, 5) is 69.4. The summed E-state index contributed by atoms with van der Waals surface area (Å²) in [6.07, 6.45) is 9.11. The summed E-state index contributed by atoms with van der Waals surface area (Å²) < 4.78 is 0. The molecule has 0 aromatic heterocycles. The van der Waals surface area contributed by atoms with Gasteiger partial charge in [0.15, 0.2) is 11.6 Å². The van der Waals surface area contributed by atoms with Crippen LogP contribution in [0.2, 0.25) is 0 Å². The summed E-state index contributed by atoms with van der Waals surface area (Å²) in [7, 11) is 0. The van der Waals surface area contributed by atoms with Gasteiger partial charge in [0.2, 0.25) is 11.8 Å². The SMILES string of the molecule is O=C(/C=C/C(=O)Nc1ccc(NN=C2C=CC(=O)C(C(=O)[O-])=C2)cc1)Nc1ccc(NN=C2C=CC(=O)C(C(=O)[O-])=C2)cc1.[Na+].[Na+]. The Morgan fingerprint density at radius 1 is 0.543 bits per heavy atom. The number of ketones is 2. The first-order valence-corrected chi connectivity index (χ1v) is 12.6. The van der Waals surface area contributed by atoms with Gasteiger partial charge in [0, 0.05) is 34.7 Å². The van der Waals surface area contributed by atoms with E-state index in [1.54, 1.807) is 48.5 Å². The van der Waals surface area contributed by atoms with E-state index >= 15 is 0 Å². The number of rotatable bonds is 10. The van der Waals surface area contributed by atoms with Gasteiger partial charge in [-0.1, -0.05) is 0 Å². The number of allylic oxidation sites excluding steroid dienone is 6. The monoisotopic (exact) mass is 638 g/mol. The normalized spacial score (nSPS) is 15.3. The summed E-state index contributed by atoms with van der Waals surface area (Å²) in [5.41, 5.74) is 6.67. The maximum Gasteiger partial charge on any atom is 1.00 e. The van der Waals surface area contributed by atoms with Gasteiger partial charge in [-0.05, 0) is 85.0 Å². The number of nitrogens with zero attached hydrogens (tertiary/aromatic N) is 2. The number of hydrazone groups is 2. The van der Waals surface area contributed by atoms with E-state index in [4.69, 9.17) is 0 Å².